The van der Waals surface area contributed by atoms with Gasteiger partial charge in [0, 0.05) is 19.2 Å². The lowest BCUT2D eigenvalue weighted by Crippen LogP contribution is -2.33. The molecule has 1 aromatic heterocycles. The number of nitrogens with zero attached hydrogens (tertiary/aromatic N) is 2. The Kier molecular flexibility index (Phi) is 6.32. The topological polar surface area (TPSA) is 71.5 Å². The zero-order valence-electron chi connectivity index (χ0n) is 15.3. The number of pyridine rings is 1. The van der Waals surface area contributed by atoms with E-state index in [0.29, 0.717) is 12.5 Å². The van der Waals surface area contributed by atoms with Crippen molar-refractivity contribution in [3.63, 3.8) is 0 Å². The maximum atomic E-state index is 11.2. The molecule has 26 heavy (non-hydrogen) atoms. The average molecular weight is 378 g/mol. The highest BCUT2D eigenvalue weighted by Gasteiger charge is 2.18. The summed E-state index contributed by atoms with van der Waals surface area (Å²) in [5.41, 5.74) is 3.18. The first-order valence-corrected chi connectivity index (χ1v) is 11.1. The highest BCUT2D eigenvalue weighted by molar-refractivity contribution is 7.92. The molecule has 0 fully saturated rings. The van der Waals surface area contributed by atoms with Gasteiger partial charge in [0.25, 0.3) is 0 Å². The molecule has 1 aliphatic carbocycles. The van der Waals surface area contributed by atoms with Crippen LogP contribution in [0.4, 0.5) is 5.82 Å². The summed E-state index contributed by atoms with van der Waals surface area (Å²) >= 11 is 0. The van der Waals surface area contributed by atoms with Gasteiger partial charge in [-0.15, -0.1) is 0 Å². The lowest BCUT2D eigenvalue weighted by atomic mass is 9.92. The zero-order chi connectivity index (χ0) is 18.4. The summed E-state index contributed by atoms with van der Waals surface area (Å²) in [4.78, 5) is 6.69. The minimum Gasteiger partial charge on any atom is -0.478 e. The van der Waals surface area contributed by atoms with Crippen molar-refractivity contribution in [1.29, 1.82) is 0 Å². The van der Waals surface area contributed by atoms with Crippen LogP contribution < -0.4 is 9.46 Å². The lowest BCUT2D eigenvalue weighted by molar-refractivity contribution is 0.252. The first-order chi connectivity index (χ1) is 12.5. The molecule has 2 heterocycles. The number of nitrogens with one attached hydrogen (secondary N) is 1. The number of hydrogen-bond donors (Lipinski definition) is 1. The molecule has 0 bridgehead atoms. The van der Waals surface area contributed by atoms with Crippen molar-refractivity contribution in [2.75, 3.05) is 37.2 Å². The van der Waals surface area contributed by atoms with Crippen molar-refractivity contribution in [1.82, 2.24) is 9.88 Å². The van der Waals surface area contributed by atoms with E-state index in [9.17, 15) is 8.42 Å². The van der Waals surface area contributed by atoms with Crippen LogP contribution in [-0.4, -0.2) is 50.8 Å². The molecule has 7 heteroatoms. The number of rotatable bonds is 8. The van der Waals surface area contributed by atoms with Crippen molar-refractivity contribution in [2.45, 2.75) is 32.1 Å². The molecule has 3 rings (SSSR count). The van der Waals surface area contributed by atoms with Crippen molar-refractivity contribution in [2.24, 2.45) is 0 Å². The molecule has 0 amide bonds. The second-order valence-corrected chi connectivity index (χ2v) is 8.64. The van der Waals surface area contributed by atoms with Crippen LogP contribution in [0.5, 0.6) is 5.88 Å². The van der Waals surface area contributed by atoms with Gasteiger partial charge in [0.15, 0.2) is 0 Å². The van der Waals surface area contributed by atoms with Gasteiger partial charge < -0.3 is 4.74 Å². The molecule has 6 nitrogen and oxygen atoms in total. The first kappa shape index (κ1) is 18.9. The summed E-state index contributed by atoms with van der Waals surface area (Å²) in [6.45, 7) is 3.93. The zero-order valence-corrected chi connectivity index (χ0v) is 16.1. The van der Waals surface area contributed by atoms with E-state index >= 15 is 0 Å². The molecule has 1 N–H and O–H groups in total. The summed E-state index contributed by atoms with van der Waals surface area (Å²) in [6.07, 6.45) is 11.3. The normalized spacial score (nSPS) is 17.9. The molecule has 0 atom stereocenters. The number of aromatic nitrogens is 1. The van der Waals surface area contributed by atoms with Gasteiger partial charge in [-0.25, -0.2) is 8.42 Å². The molecule has 0 unspecified atom stereocenters. The third kappa shape index (κ3) is 5.85. The summed E-state index contributed by atoms with van der Waals surface area (Å²) in [7, 11) is -3.33. The Hall–Kier alpha value is -1.86. The monoisotopic (exact) mass is 377 g/mol. The van der Waals surface area contributed by atoms with Crippen LogP contribution in [-0.2, 0) is 10.0 Å². The third-order valence-electron chi connectivity index (χ3n) is 4.63. The summed E-state index contributed by atoms with van der Waals surface area (Å²) in [5.74, 6) is 0.726. The molecule has 0 radical (unpaired) electrons. The summed E-state index contributed by atoms with van der Waals surface area (Å²) in [6, 6.07) is 5.07. The van der Waals surface area contributed by atoms with Gasteiger partial charge in [-0.05, 0) is 50.3 Å². The van der Waals surface area contributed by atoms with Crippen LogP contribution in [0.15, 0.2) is 41.5 Å². The molecule has 2 aliphatic rings. The van der Waals surface area contributed by atoms with Crippen molar-refractivity contribution in [3.05, 3.63) is 41.5 Å². The minimum atomic E-state index is -3.33. The van der Waals surface area contributed by atoms with Gasteiger partial charge in [-0.2, -0.15) is 4.98 Å². The quantitative estimate of drug-likeness (QED) is 0.705. The summed E-state index contributed by atoms with van der Waals surface area (Å²) in [5, 5.41) is 0. The molecule has 0 saturated carbocycles. The van der Waals surface area contributed by atoms with Crippen LogP contribution in [0, 0.1) is 0 Å². The van der Waals surface area contributed by atoms with E-state index < -0.39 is 10.0 Å². The molecule has 142 valence electrons. The Bertz CT molecular complexity index is 787. The van der Waals surface area contributed by atoms with Crippen molar-refractivity contribution in [3.8, 4) is 5.88 Å². The van der Waals surface area contributed by atoms with Gasteiger partial charge >= 0.3 is 0 Å². The van der Waals surface area contributed by atoms with E-state index in [1.54, 1.807) is 29.3 Å². The van der Waals surface area contributed by atoms with Crippen LogP contribution in [0.1, 0.15) is 32.1 Å². The minimum absolute atomic E-state index is 0.281. The smallest absolute Gasteiger partial charge is 0.230 e. The molecule has 0 spiro atoms. The maximum Gasteiger partial charge on any atom is 0.230 e. The van der Waals surface area contributed by atoms with Gasteiger partial charge in [0.2, 0.25) is 15.9 Å². The van der Waals surface area contributed by atoms with Gasteiger partial charge in [0.05, 0.1) is 12.9 Å². The van der Waals surface area contributed by atoms with Crippen LogP contribution in [0.2, 0.25) is 0 Å². The lowest BCUT2D eigenvalue weighted by Gasteiger charge is -2.31. The Labute approximate surface area is 156 Å². The highest BCUT2D eigenvalue weighted by atomic mass is 32.2. The number of unbranched alkanes of at least 4 members (excludes halogenated alkanes) is 1. The highest BCUT2D eigenvalue weighted by Crippen LogP contribution is 2.26. The number of sulfonamides is 1. The first-order valence-electron chi connectivity index (χ1n) is 9.17. The molecule has 0 aromatic carbocycles. The van der Waals surface area contributed by atoms with E-state index in [-0.39, 0.29) is 5.82 Å². The Balaban J connectivity index is 1.37. The van der Waals surface area contributed by atoms with E-state index in [2.05, 4.69) is 26.8 Å². The predicted octanol–water partition coefficient (Wildman–Crippen LogP) is 2.96. The number of hydrogen-bond acceptors (Lipinski definition) is 5. The molecule has 0 saturated heterocycles. The second-order valence-electron chi connectivity index (χ2n) is 6.89. The van der Waals surface area contributed by atoms with E-state index in [1.165, 1.54) is 19.3 Å². The SMILES string of the molecule is CS(=O)(=O)Nc1cccc(OCCCCN2CCC3=C(CCC=C3)C2)n1. The predicted molar refractivity (Wildman–Crippen MR) is 104 cm³/mol. The fraction of sp³-hybridized carbons (Fsp3) is 0.526. The van der Waals surface area contributed by atoms with E-state index in [1.807, 2.05) is 0 Å². The largest absolute Gasteiger partial charge is 0.478 e. The summed E-state index contributed by atoms with van der Waals surface area (Å²) < 4.78 is 30.5. The number of allylic oxidation sites excluding steroid dienone is 2. The van der Waals surface area contributed by atoms with Gasteiger partial charge in [0.1, 0.15) is 5.82 Å². The molecule has 1 aliphatic heterocycles. The van der Waals surface area contributed by atoms with Crippen molar-refractivity contribution < 1.29 is 13.2 Å². The van der Waals surface area contributed by atoms with Gasteiger partial charge in [-0.3, -0.25) is 9.62 Å². The number of anilines is 1. The third-order valence-corrected chi connectivity index (χ3v) is 5.21. The average Bonchev–Trinajstić information content (AvgIpc) is 2.60. The van der Waals surface area contributed by atoms with E-state index in [0.717, 1.165) is 38.7 Å². The Morgan fingerprint density at radius 2 is 2.15 bits per heavy atom. The van der Waals surface area contributed by atoms with E-state index in [4.69, 9.17) is 4.74 Å². The fourth-order valence-electron chi connectivity index (χ4n) is 3.38. The fourth-order valence-corrected chi connectivity index (χ4v) is 3.87. The van der Waals surface area contributed by atoms with Crippen molar-refractivity contribution >= 4 is 15.8 Å². The molecular weight excluding hydrogens is 350 g/mol. The second kappa shape index (κ2) is 8.68. The van der Waals surface area contributed by atoms with Crippen LogP contribution in [0.3, 0.4) is 0 Å². The standard InChI is InChI=1S/C19H27N3O3S/c1-26(23,24)21-18-9-6-10-19(20-18)25-14-5-4-12-22-13-11-16-7-2-3-8-17(16)15-22/h2,6-7,9-10H,3-5,8,11-15H2,1H3,(H,20,21). The maximum absolute atomic E-state index is 11.2. The van der Waals surface area contributed by atoms with Gasteiger partial charge in [-0.1, -0.05) is 23.8 Å². The molecule has 1 aromatic rings. The van der Waals surface area contributed by atoms with Crippen LogP contribution >= 0.6 is 0 Å². The molecular formula is C19H27N3O3S. The Morgan fingerprint density at radius 3 is 3.00 bits per heavy atom. The van der Waals surface area contributed by atoms with Crippen LogP contribution in [0.25, 0.3) is 0 Å². The Morgan fingerprint density at radius 1 is 1.27 bits per heavy atom. The number of ether oxygens (including phenoxy) is 1.